The van der Waals surface area contributed by atoms with Gasteiger partial charge in [-0.05, 0) is 37.7 Å². The molecule has 0 bridgehead atoms. The number of aromatic nitrogens is 2. The number of rotatable bonds is 5. The molecule has 1 aliphatic carbocycles. The Labute approximate surface area is 90.8 Å². The molecule has 84 valence electrons. The minimum atomic E-state index is 0.424. The zero-order chi connectivity index (χ0) is 10.7. The summed E-state index contributed by atoms with van der Waals surface area (Å²) >= 11 is 0. The smallest absolute Gasteiger partial charge is 0.0522 e. The molecule has 4 heteroatoms. The van der Waals surface area contributed by atoms with Crippen molar-refractivity contribution in [1.29, 1.82) is 0 Å². The Morgan fingerprint density at radius 2 is 2.47 bits per heavy atom. The van der Waals surface area contributed by atoms with E-state index in [-0.39, 0.29) is 0 Å². The summed E-state index contributed by atoms with van der Waals surface area (Å²) in [5.41, 5.74) is 4.23. The van der Waals surface area contributed by atoms with E-state index in [0.717, 1.165) is 18.9 Å². The van der Waals surface area contributed by atoms with Crippen molar-refractivity contribution in [2.24, 2.45) is 11.8 Å². The lowest BCUT2D eigenvalue weighted by Crippen LogP contribution is -2.44. The molecule has 0 aromatic carbocycles. The highest BCUT2D eigenvalue weighted by Crippen LogP contribution is 2.30. The van der Waals surface area contributed by atoms with Crippen molar-refractivity contribution in [3.05, 3.63) is 18.0 Å². The van der Waals surface area contributed by atoms with Crippen molar-refractivity contribution in [1.82, 2.24) is 15.2 Å². The number of hydrogen-bond acceptors (Lipinski definition) is 3. The van der Waals surface area contributed by atoms with Gasteiger partial charge in [0, 0.05) is 18.8 Å². The van der Waals surface area contributed by atoms with Gasteiger partial charge in [-0.15, -0.1) is 0 Å². The molecule has 1 aromatic heterocycles. The van der Waals surface area contributed by atoms with Crippen LogP contribution in [0.15, 0.2) is 12.4 Å². The standard InChI is InChI=1S/C11H20N4/c1-2-15-8-9(7-13-15)6-11(14-12)10-4-3-5-10/h7-8,10-11,14H,2-6,12H2,1H3. The first-order valence-corrected chi connectivity index (χ1v) is 5.81. The Balaban J connectivity index is 1.93. The lowest BCUT2D eigenvalue weighted by molar-refractivity contribution is 0.228. The van der Waals surface area contributed by atoms with E-state index >= 15 is 0 Å². The molecule has 3 N–H and O–H groups in total. The number of hydrazine groups is 1. The average Bonchev–Trinajstić information content (AvgIpc) is 2.61. The third-order valence-corrected chi connectivity index (χ3v) is 3.40. The molecule has 0 spiro atoms. The predicted octanol–water partition coefficient (Wildman–Crippen LogP) is 1.08. The van der Waals surface area contributed by atoms with Crippen LogP contribution in [0.4, 0.5) is 0 Å². The summed E-state index contributed by atoms with van der Waals surface area (Å²) in [5.74, 6) is 6.36. The molecule has 1 unspecified atom stereocenters. The van der Waals surface area contributed by atoms with E-state index in [2.05, 4.69) is 23.6 Å². The summed E-state index contributed by atoms with van der Waals surface area (Å²) in [6, 6.07) is 0.424. The quantitative estimate of drug-likeness (QED) is 0.562. The van der Waals surface area contributed by atoms with Gasteiger partial charge in [-0.2, -0.15) is 5.10 Å². The maximum atomic E-state index is 5.59. The fraction of sp³-hybridized carbons (Fsp3) is 0.727. The maximum Gasteiger partial charge on any atom is 0.0522 e. The van der Waals surface area contributed by atoms with E-state index in [1.54, 1.807) is 0 Å². The predicted molar refractivity (Wildman–Crippen MR) is 60.1 cm³/mol. The molecule has 1 heterocycles. The maximum absolute atomic E-state index is 5.59. The highest BCUT2D eigenvalue weighted by Gasteiger charge is 2.26. The molecule has 0 aliphatic heterocycles. The van der Waals surface area contributed by atoms with Gasteiger partial charge in [0.2, 0.25) is 0 Å². The first kappa shape index (κ1) is 10.6. The van der Waals surface area contributed by atoms with Crippen molar-refractivity contribution in [2.75, 3.05) is 0 Å². The van der Waals surface area contributed by atoms with Gasteiger partial charge >= 0.3 is 0 Å². The second-order valence-electron chi connectivity index (χ2n) is 4.37. The van der Waals surface area contributed by atoms with Crippen LogP contribution in [0, 0.1) is 5.92 Å². The van der Waals surface area contributed by atoms with Gasteiger partial charge in [0.1, 0.15) is 0 Å². The van der Waals surface area contributed by atoms with Crippen molar-refractivity contribution in [3.8, 4) is 0 Å². The first-order chi connectivity index (χ1) is 7.33. The Morgan fingerprint density at radius 3 is 2.93 bits per heavy atom. The molecule has 0 radical (unpaired) electrons. The zero-order valence-corrected chi connectivity index (χ0v) is 9.32. The highest BCUT2D eigenvalue weighted by molar-refractivity contribution is 5.07. The molecule has 1 aromatic rings. The third-order valence-electron chi connectivity index (χ3n) is 3.40. The van der Waals surface area contributed by atoms with Crippen LogP contribution in [0.1, 0.15) is 31.7 Å². The SMILES string of the molecule is CCn1cc(CC(NN)C2CCC2)cn1. The van der Waals surface area contributed by atoms with E-state index in [4.69, 9.17) is 5.84 Å². The summed E-state index contributed by atoms with van der Waals surface area (Å²) in [6.45, 7) is 3.03. The summed E-state index contributed by atoms with van der Waals surface area (Å²) in [5, 5.41) is 4.27. The highest BCUT2D eigenvalue weighted by atomic mass is 15.3. The molecule has 4 nitrogen and oxygen atoms in total. The number of hydrogen-bond donors (Lipinski definition) is 2. The molecule has 1 atom stereocenters. The molecule has 15 heavy (non-hydrogen) atoms. The molecule has 1 saturated carbocycles. The second kappa shape index (κ2) is 4.77. The fourth-order valence-electron chi connectivity index (χ4n) is 2.14. The van der Waals surface area contributed by atoms with Crippen LogP contribution in [-0.4, -0.2) is 15.8 Å². The van der Waals surface area contributed by atoms with Gasteiger partial charge in [-0.25, -0.2) is 0 Å². The fourth-order valence-corrected chi connectivity index (χ4v) is 2.14. The third kappa shape index (κ3) is 2.38. The van der Waals surface area contributed by atoms with Crippen LogP contribution >= 0.6 is 0 Å². The van der Waals surface area contributed by atoms with Crippen LogP contribution in [0.2, 0.25) is 0 Å². The van der Waals surface area contributed by atoms with Crippen LogP contribution in [0.3, 0.4) is 0 Å². The van der Waals surface area contributed by atoms with Crippen molar-refractivity contribution in [2.45, 2.75) is 45.2 Å². The van der Waals surface area contributed by atoms with Gasteiger partial charge in [0.15, 0.2) is 0 Å². The van der Waals surface area contributed by atoms with E-state index in [0.29, 0.717) is 6.04 Å². The molecule has 1 fully saturated rings. The zero-order valence-electron chi connectivity index (χ0n) is 9.32. The van der Waals surface area contributed by atoms with Gasteiger partial charge in [-0.1, -0.05) is 6.42 Å². The summed E-state index contributed by atoms with van der Waals surface area (Å²) in [6.07, 6.45) is 9.06. The summed E-state index contributed by atoms with van der Waals surface area (Å²) in [4.78, 5) is 0. The number of nitrogens with zero attached hydrogens (tertiary/aromatic N) is 2. The summed E-state index contributed by atoms with van der Waals surface area (Å²) in [7, 11) is 0. The second-order valence-corrected chi connectivity index (χ2v) is 4.37. The van der Waals surface area contributed by atoms with Crippen LogP contribution in [0.5, 0.6) is 0 Å². The van der Waals surface area contributed by atoms with Gasteiger partial charge < -0.3 is 0 Å². The molecule has 1 aliphatic rings. The van der Waals surface area contributed by atoms with E-state index in [9.17, 15) is 0 Å². The average molecular weight is 208 g/mol. The number of nitrogens with one attached hydrogen (secondary N) is 1. The van der Waals surface area contributed by atoms with Crippen molar-refractivity contribution >= 4 is 0 Å². The van der Waals surface area contributed by atoms with Crippen LogP contribution in [0.25, 0.3) is 0 Å². The van der Waals surface area contributed by atoms with Gasteiger partial charge in [-0.3, -0.25) is 16.0 Å². The summed E-state index contributed by atoms with van der Waals surface area (Å²) < 4.78 is 1.96. The first-order valence-electron chi connectivity index (χ1n) is 5.81. The Hall–Kier alpha value is -0.870. The van der Waals surface area contributed by atoms with Crippen molar-refractivity contribution < 1.29 is 0 Å². The minimum Gasteiger partial charge on any atom is -0.273 e. The topological polar surface area (TPSA) is 55.9 Å². The number of aryl methyl sites for hydroxylation is 1. The normalized spacial score (nSPS) is 18.8. The van der Waals surface area contributed by atoms with Gasteiger partial charge in [0.25, 0.3) is 0 Å². The van der Waals surface area contributed by atoms with E-state index in [1.165, 1.54) is 24.8 Å². The lowest BCUT2D eigenvalue weighted by atomic mass is 9.78. The van der Waals surface area contributed by atoms with Crippen LogP contribution < -0.4 is 11.3 Å². The molecule has 0 amide bonds. The Bertz CT molecular complexity index is 303. The Kier molecular flexibility index (Phi) is 3.38. The Morgan fingerprint density at radius 1 is 1.67 bits per heavy atom. The van der Waals surface area contributed by atoms with E-state index < -0.39 is 0 Å². The van der Waals surface area contributed by atoms with Gasteiger partial charge in [0.05, 0.1) is 6.20 Å². The van der Waals surface area contributed by atoms with Crippen LogP contribution in [-0.2, 0) is 13.0 Å². The number of nitrogens with two attached hydrogens (primary N) is 1. The molecular formula is C11H20N4. The molecule has 0 saturated heterocycles. The lowest BCUT2D eigenvalue weighted by Gasteiger charge is -2.33. The minimum absolute atomic E-state index is 0.424. The molecule has 2 rings (SSSR count). The monoisotopic (exact) mass is 208 g/mol. The van der Waals surface area contributed by atoms with E-state index in [1.807, 2.05) is 10.9 Å². The largest absolute Gasteiger partial charge is 0.273 e. The van der Waals surface area contributed by atoms with Crippen molar-refractivity contribution in [3.63, 3.8) is 0 Å². The molecular weight excluding hydrogens is 188 g/mol.